The van der Waals surface area contributed by atoms with Gasteiger partial charge in [-0.25, -0.2) is 4.39 Å². The second-order valence-electron chi connectivity index (χ2n) is 4.39. The predicted octanol–water partition coefficient (Wildman–Crippen LogP) is 0.764. The Morgan fingerprint density at radius 3 is 2.62 bits per heavy atom. The molecule has 2 rings (SSSR count). The fourth-order valence-corrected chi connectivity index (χ4v) is 1.96. The lowest BCUT2D eigenvalue weighted by molar-refractivity contribution is -0.209. The second kappa shape index (κ2) is 3.94. The number of fused-ring (bicyclic) bond motifs is 1. The number of hydrogen-bond donors (Lipinski definition) is 0. The molecule has 16 heavy (non-hydrogen) atoms. The van der Waals surface area contributed by atoms with Crippen LogP contribution in [-0.4, -0.2) is 43.0 Å². The molecule has 0 unspecified atom stereocenters. The number of halogens is 1. The molecular weight excluding hydrogens is 219 g/mol. The first-order valence-electron chi connectivity index (χ1n) is 5.17. The van der Waals surface area contributed by atoms with E-state index in [1.807, 2.05) is 0 Å². The Balaban J connectivity index is 1.99. The van der Waals surface area contributed by atoms with E-state index in [0.717, 1.165) is 0 Å². The van der Waals surface area contributed by atoms with Crippen LogP contribution in [0.1, 0.15) is 20.8 Å². The van der Waals surface area contributed by atoms with E-state index >= 15 is 0 Å². The van der Waals surface area contributed by atoms with Crippen LogP contribution < -0.4 is 0 Å². The summed E-state index contributed by atoms with van der Waals surface area (Å²) in [7, 11) is 0. The van der Waals surface area contributed by atoms with Gasteiger partial charge in [0.05, 0.1) is 0 Å². The standard InChI is InChI=1S/C10H15FO5/c1-5(12)13-4-6-7-8(9(11)14-6)16-10(2,3)15-7/h6-9H,4H2,1-3H3/t6-,7-,8-,9+/m1/s1. The highest BCUT2D eigenvalue weighted by Gasteiger charge is 2.55. The van der Waals surface area contributed by atoms with Crippen molar-refractivity contribution in [2.45, 2.75) is 51.2 Å². The average molecular weight is 234 g/mol. The van der Waals surface area contributed by atoms with Crippen LogP contribution in [-0.2, 0) is 23.7 Å². The van der Waals surface area contributed by atoms with Crippen LogP contribution >= 0.6 is 0 Å². The van der Waals surface area contributed by atoms with E-state index in [1.165, 1.54) is 6.92 Å². The van der Waals surface area contributed by atoms with E-state index in [1.54, 1.807) is 13.8 Å². The van der Waals surface area contributed by atoms with Crippen LogP contribution in [0.2, 0.25) is 0 Å². The molecule has 0 aliphatic carbocycles. The van der Waals surface area contributed by atoms with Crippen LogP contribution in [0.4, 0.5) is 4.39 Å². The third-order valence-corrected chi connectivity index (χ3v) is 2.54. The number of alkyl halides is 1. The highest BCUT2D eigenvalue weighted by molar-refractivity contribution is 5.65. The van der Waals surface area contributed by atoms with Gasteiger partial charge in [-0.15, -0.1) is 0 Å². The smallest absolute Gasteiger partial charge is 0.302 e. The molecule has 2 aliphatic rings. The number of ether oxygens (including phenoxy) is 4. The number of rotatable bonds is 2. The minimum Gasteiger partial charge on any atom is -0.463 e. The third-order valence-electron chi connectivity index (χ3n) is 2.54. The zero-order chi connectivity index (χ0) is 11.9. The Bertz CT molecular complexity index is 293. The Hall–Kier alpha value is -0.720. The van der Waals surface area contributed by atoms with Crippen molar-refractivity contribution < 1.29 is 28.1 Å². The van der Waals surface area contributed by atoms with E-state index in [-0.39, 0.29) is 6.61 Å². The molecule has 0 spiro atoms. The molecule has 0 aromatic heterocycles. The molecule has 2 fully saturated rings. The van der Waals surface area contributed by atoms with Gasteiger partial charge in [-0.2, -0.15) is 0 Å². The van der Waals surface area contributed by atoms with Gasteiger partial charge in [0.25, 0.3) is 0 Å². The summed E-state index contributed by atoms with van der Waals surface area (Å²) in [4.78, 5) is 10.7. The number of carbonyl (C=O) groups is 1. The van der Waals surface area contributed by atoms with E-state index in [4.69, 9.17) is 18.9 Å². The summed E-state index contributed by atoms with van der Waals surface area (Å²) in [6, 6.07) is 0. The highest BCUT2D eigenvalue weighted by Crippen LogP contribution is 2.39. The molecule has 0 saturated carbocycles. The normalized spacial score (nSPS) is 40.8. The van der Waals surface area contributed by atoms with Crippen molar-refractivity contribution in [1.82, 2.24) is 0 Å². The van der Waals surface area contributed by atoms with Crippen molar-refractivity contribution in [3.8, 4) is 0 Å². The number of esters is 1. The topological polar surface area (TPSA) is 54.0 Å². The molecule has 92 valence electrons. The van der Waals surface area contributed by atoms with Crippen LogP contribution in [0.15, 0.2) is 0 Å². The van der Waals surface area contributed by atoms with Gasteiger partial charge in [0.15, 0.2) is 5.79 Å². The molecule has 2 saturated heterocycles. The zero-order valence-electron chi connectivity index (χ0n) is 9.44. The summed E-state index contributed by atoms with van der Waals surface area (Å²) in [5, 5.41) is 0. The number of hydrogen-bond acceptors (Lipinski definition) is 5. The minimum atomic E-state index is -1.53. The summed E-state index contributed by atoms with van der Waals surface area (Å²) in [6.07, 6.45) is -3.40. The Kier molecular flexibility index (Phi) is 2.90. The average Bonchev–Trinajstić information content (AvgIpc) is 2.59. The van der Waals surface area contributed by atoms with Gasteiger partial charge in [0, 0.05) is 6.92 Å². The Morgan fingerprint density at radius 2 is 2.00 bits per heavy atom. The summed E-state index contributed by atoms with van der Waals surface area (Å²) < 4.78 is 34.1. The lowest BCUT2D eigenvalue weighted by Gasteiger charge is -2.21. The summed E-state index contributed by atoms with van der Waals surface area (Å²) in [6.45, 7) is 4.69. The van der Waals surface area contributed by atoms with E-state index in [0.29, 0.717) is 0 Å². The monoisotopic (exact) mass is 234 g/mol. The van der Waals surface area contributed by atoms with Gasteiger partial charge in [0.2, 0.25) is 6.36 Å². The third kappa shape index (κ3) is 2.18. The van der Waals surface area contributed by atoms with Crippen LogP contribution in [0, 0.1) is 0 Å². The lowest BCUT2D eigenvalue weighted by Crippen LogP contribution is -2.33. The van der Waals surface area contributed by atoms with Gasteiger partial charge in [0.1, 0.15) is 24.9 Å². The fraction of sp³-hybridized carbons (Fsp3) is 0.900. The highest BCUT2D eigenvalue weighted by atomic mass is 19.1. The number of carbonyl (C=O) groups excluding carboxylic acids is 1. The maximum atomic E-state index is 13.4. The SMILES string of the molecule is CC(=O)OC[C@H]1O[C@H](F)[C@@H]2OC(C)(C)O[C@@H]21. The quantitative estimate of drug-likeness (QED) is 0.660. The predicted molar refractivity (Wildman–Crippen MR) is 50.2 cm³/mol. The molecular formula is C10H15FO5. The summed E-state index contributed by atoms with van der Waals surface area (Å²) in [5.74, 6) is -1.25. The molecule has 0 amide bonds. The van der Waals surface area contributed by atoms with E-state index in [2.05, 4.69) is 0 Å². The van der Waals surface area contributed by atoms with Gasteiger partial charge in [-0.05, 0) is 13.8 Å². The van der Waals surface area contributed by atoms with Crippen molar-refractivity contribution in [1.29, 1.82) is 0 Å². The van der Waals surface area contributed by atoms with Crippen molar-refractivity contribution in [2.24, 2.45) is 0 Å². The van der Waals surface area contributed by atoms with Crippen molar-refractivity contribution >= 4 is 5.97 Å². The van der Waals surface area contributed by atoms with Crippen LogP contribution in [0.5, 0.6) is 0 Å². The largest absolute Gasteiger partial charge is 0.463 e. The molecule has 0 aromatic rings. The molecule has 2 heterocycles. The molecule has 6 heteroatoms. The summed E-state index contributed by atoms with van der Waals surface area (Å²) >= 11 is 0. The Morgan fingerprint density at radius 1 is 1.38 bits per heavy atom. The molecule has 5 nitrogen and oxygen atoms in total. The maximum absolute atomic E-state index is 13.4. The van der Waals surface area contributed by atoms with Crippen LogP contribution in [0.3, 0.4) is 0 Å². The molecule has 2 aliphatic heterocycles. The first kappa shape index (κ1) is 11.8. The van der Waals surface area contributed by atoms with E-state index < -0.39 is 36.4 Å². The molecule has 0 N–H and O–H groups in total. The fourth-order valence-electron chi connectivity index (χ4n) is 1.96. The lowest BCUT2D eigenvalue weighted by atomic mass is 10.1. The molecule has 4 atom stereocenters. The van der Waals surface area contributed by atoms with Gasteiger partial charge in [-0.3, -0.25) is 4.79 Å². The van der Waals surface area contributed by atoms with Gasteiger partial charge in [-0.1, -0.05) is 0 Å². The second-order valence-corrected chi connectivity index (χ2v) is 4.39. The molecule has 0 bridgehead atoms. The first-order chi connectivity index (χ1) is 7.39. The van der Waals surface area contributed by atoms with E-state index in [9.17, 15) is 9.18 Å². The maximum Gasteiger partial charge on any atom is 0.302 e. The van der Waals surface area contributed by atoms with Crippen molar-refractivity contribution in [2.75, 3.05) is 6.61 Å². The first-order valence-corrected chi connectivity index (χ1v) is 5.17. The van der Waals surface area contributed by atoms with Crippen LogP contribution in [0.25, 0.3) is 0 Å². The Labute approximate surface area is 92.8 Å². The minimum absolute atomic E-state index is 0.0175. The van der Waals surface area contributed by atoms with Gasteiger partial charge >= 0.3 is 5.97 Å². The van der Waals surface area contributed by atoms with Crippen molar-refractivity contribution in [3.63, 3.8) is 0 Å². The molecule has 0 radical (unpaired) electrons. The van der Waals surface area contributed by atoms with Gasteiger partial charge < -0.3 is 18.9 Å². The van der Waals surface area contributed by atoms with Crippen molar-refractivity contribution in [3.05, 3.63) is 0 Å². The summed E-state index contributed by atoms with van der Waals surface area (Å²) in [5.41, 5.74) is 0. The molecule has 0 aromatic carbocycles. The zero-order valence-corrected chi connectivity index (χ0v) is 9.44.